The summed E-state index contributed by atoms with van der Waals surface area (Å²) in [4.78, 5) is 34.2. The van der Waals surface area contributed by atoms with E-state index >= 15 is 0 Å². The molecule has 2 amide bonds. The van der Waals surface area contributed by atoms with E-state index in [1.807, 2.05) is 48.5 Å². The largest absolute Gasteiger partial charge is 0.353 e. The standard InChI is InChI=1S/C24H31N5O2/c1-28-20(10-11-22(30)26-15-18-7-3-2-4-8-18)16-27-24(31)23-21(28)12-14-29(23)17-19-9-5-6-13-25-19/h2-9,13,20-21,23H,10-12,14-17H2,1H3,(H,26,30)(H,27,31)/t20-,21+,23-/m0/s1. The lowest BCUT2D eigenvalue weighted by Gasteiger charge is -2.33. The molecule has 2 aliphatic heterocycles. The number of carbonyl (C=O) groups excluding carboxylic acids is 2. The summed E-state index contributed by atoms with van der Waals surface area (Å²) in [5, 5.41) is 6.12. The maximum atomic E-state index is 12.9. The van der Waals surface area contributed by atoms with E-state index in [1.165, 1.54) is 0 Å². The topological polar surface area (TPSA) is 77.6 Å². The summed E-state index contributed by atoms with van der Waals surface area (Å²) in [7, 11) is 2.09. The first kappa shape index (κ1) is 21.5. The second kappa shape index (κ2) is 10.0. The first-order valence-corrected chi connectivity index (χ1v) is 11.1. The summed E-state index contributed by atoms with van der Waals surface area (Å²) in [5.41, 5.74) is 2.07. The zero-order chi connectivity index (χ0) is 21.6. The quantitative estimate of drug-likeness (QED) is 0.709. The predicted molar refractivity (Wildman–Crippen MR) is 119 cm³/mol. The fourth-order valence-corrected chi connectivity index (χ4v) is 4.71. The number of pyridine rings is 1. The summed E-state index contributed by atoms with van der Waals surface area (Å²) in [6.45, 7) is 2.67. The van der Waals surface area contributed by atoms with E-state index in [9.17, 15) is 9.59 Å². The number of amides is 2. The van der Waals surface area contributed by atoms with Crippen molar-refractivity contribution in [1.82, 2.24) is 25.4 Å². The number of nitrogens with zero attached hydrogens (tertiary/aromatic N) is 3. The van der Waals surface area contributed by atoms with Crippen molar-refractivity contribution in [3.05, 3.63) is 66.0 Å². The van der Waals surface area contributed by atoms with E-state index in [-0.39, 0.29) is 29.9 Å². The minimum absolute atomic E-state index is 0.0487. The molecule has 1 aromatic heterocycles. The first-order valence-electron chi connectivity index (χ1n) is 11.1. The molecule has 0 bridgehead atoms. The lowest BCUT2D eigenvalue weighted by Crippen LogP contribution is -2.49. The van der Waals surface area contributed by atoms with E-state index in [2.05, 4.69) is 32.5 Å². The third-order valence-corrected chi connectivity index (χ3v) is 6.48. The van der Waals surface area contributed by atoms with Crippen LogP contribution in [0.5, 0.6) is 0 Å². The number of likely N-dealkylation sites (N-methyl/N-ethyl adjacent to an activating group) is 1. The average molecular weight is 422 g/mol. The highest BCUT2D eigenvalue weighted by Crippen LogP contribution is 2.28. The lowest BCUT2D eigenvalue weighted by atomic mass is 10.0. The third kappa shape index (κ3) is 5.29. The van der Waals surface area contributed by atoms with E-state index in [0.29, 0.717) is 26.1 Å². The molecule has 2 aromatic rings. The summed E-state index contributed by atoms with van der Waals surface area (Å²) < 4.78 is 0. The first-order chi connectivity index (χ1) is 15.1. The van der Waals surface area contributed by atoms with Gasteiger partial charge in [0.1, 0.15) is 6.04 Å². The van der Waals surface area contributed by atoms with Gasteiger partial charge in [0.2, 0.25) is 11.8 Å². The third-order valence-electron chi connectivity index (χ3n) is 6.48. The molecule has 1 aromatic carbocycles. The molecule has 0 radical (unpaired) electrons. The van der Waals surface area contributed by atoms with Gasteiger partial charge in [0.25, 0.3) is 0 Å². The van der Waals surface area contributed by atoms with Gasteiger partial charge in [-0.3, -0.25) is 24.4 Å². The molecule has 7 nitrogen and oxygen atoms in total. The molecular weight excluding hydrogens is 390 g/mol. The van der Waals surface area contributed by atoms with Gasteiger partial charge < -0.3 is 10.6 Å². The van der Waals surface area contributed by atoms with Crippen LogP contribution in [0.4, 0.5) is 0 Å². The number of fused-ring (bicyclic) bond motifs is 1. The van der Waals surface area contributed by atoms with Crippen molar-refractivity contribution in [2.24, 2.45) is 0 Å². The highest BCUT2D eigenvalue weighted by molar-refractivity contribution is 5.83. The minimum Gasteiger partial charge on any atom is -0.353 e. The van der Waals surface area contributed by atoms with Crippen molar-refractivity contribution in [3.8, 4) is 0 Å². The normalized spacial score (nSPS) is 24.3. The van der Waals surface area contributed by atoms with Crippen LogP contribution in [-0.2, 0) is 22.7 Å². The van der Waals surface area contributed by atoms with Crippen molar-refractivity contribution >= 4 is 11.8 Å². The Morgan fingerprint density at radius 2 is 2.00 bits per heavy atom. The summed E-state index contributed by atoms with van der Waals surface area (Å²) >= 11 is 0. The van der Waals surface area contributed by atoms with Gasteiger partial charge in [-0.1, -0.05) is 36.4 Å². The van der Waals surface area contributed by atoms with Crippen molar-refractivity contribution in [2.45, 2.75) is 50.5 Å². The Bertz CT molecular complexity index is 876. The van der Waals surface area contributed by atoms with Gasteiger partial charge in [0.15, 0.2) is 0 Å². The molecular formula is C24H31N5O2. The second-order valence-electron chi connectivity index (χ2n) is 8.46. The van der Waals surface area contributed by atoms with E-state index in [1.54, 1.807) is 6.20 Å². The molecule has 0 saturated carbocycles. The summed E-state index contributed by atoms with van der Waals surface area (Å²) in [6.07, 6.45) is 3.91. The molecule has 0 spiro atoms. The van der Waals surface area contributed by atoms with Gasteiger partial charge in [-0.05, 0) is 37.6 Å². The van der Waals surface area contributed by atoms with Gasteiger partial charge in [0.05, 0.1) is 5.69 Å². The lowest BCUT2D eigenvalue weighted by molar-refractivity contribution is -0.126. The number of benzene rings is 1. The number of nitrogens with one attached hydrogen (secondary N) is 2. The van der Waals surface area contributed by atoms with Gasteiger partial charge in [-0.15, -0.1) is 0 Å². The van der Waals surface area contributed by atoms with Crippen LogP contribution in [-0.4, -0.2) is 64.9 Å². The average Bonchev–Trinajstić information content (AvgIpc) is 3.17. The van der Waals surface area contributed by atoms with E-state index in [4.69, 9.17) is 0 Å². The summed E-state index contributed by atoms with van der Waals surface area (Å²) in [6, 6.07) is 15.9. The number of carbonyl (C=O) groups is 2. The van der Waals surface area contributed by atoms with Crippen LogP contribution in [0, 0.1) is 0 Å². The molecule has 2 aliphatic rings. The molecule has 4 rings (SSSR count). The van der Waals surface area contributed by atoms with Gasteiger partial charge in [-0.2, -0.15) is 0 Å². The van der Waals surface area contributed by atoms with Crippen LogP contribution in [0.2, 0.25) is 0 Å². The van der Waals surface area contributed by atoms with Crippen LogP contribution < -0.4 is 10.6 Å². The number of hydrogen-bond donors (Lipinski definition) is 2. The molecule has 0 unspecified atom stereocenters. The van der Waals surface area contributed by atoms with Crippen LogP contribution in [0.15, 0.2) is 54.7 Å². The number of rotatable bonds is 7. The molecule has 2 N–H and O–H groups in total. The van der Waals surface area contributed by atoms with E-state index in [0.717, 1.165) is 30.6 Å². The van der Waals surface area contributed by atoms with Crippen molar-refractivity contribution < 1.29 is 9.59 Å². The molecule has 0 aliphatic carbocycles. The van der Waals surface area contributed by atoms with Gasteiger partial charge in [-0.25, -0.2) is 0 Å². The number of hydrogen-bond acceptors (Lipinski definition) is 5. The fraction of sp³-hybridized carbons (Fsp3) is 0.458. The molecule has 2 saturated heterocycles. The van der Waals surface area contributed by atoms with Crippen LogP contribution >= 0.6 is 0 Å². The van der Waals surface area contributed by atoms with Crippen molar-refractivity contribution in [2.75, 3.05) is 20.1 Å². The number of aromatic nitrogens is 1. The zero-order valence-corrected chi connectivity index (χ0v) is 18.0. The number of likely N-dealkylation sites (tertiary alicyclic amines) is 1. The van der Waals surface area contributed by atoms with E-state index < -0.39 is 0 Å². The molecule has 31 heavy (non-hydrogen) atoms. The smallest absolute Gasteiger partial charge is 0.239 e. The zero-order valence-electron chi connectivity index (χ0n) is 18.0. The van der Waals surface area contributed by atoms with Crippen molar-refractivity contribution in [3.63, 3.8) is 0 Å². The maximum Gasteiger partial charge on any atom is 0.239 e. The molecule has 3 heterocycles. The Balaban J connectivity index is 1.32. The molecule has 2 fully saturated rings. The Labute approximate surface area is 183 Å². The van der Waals surface area contributed by atoms with Gasteiger partial charge >= 0.3 is 0 Å². The van der Waals surface area contributed by atoms with Crippen LogP contribution in [0.1, 0.15) is 30.5 Å². The predicted octanol–water partition coefficient (Wildman–Crippen LogP) is 1.55. The Hall–Kier alpha value is -2.77. The fourth-order valence-electron chi connectivity index (χ4n) is 4.71. The minimum atomic E-state index is -0.177. The monoisotopic (exact) mass is 421 g/mol. The molecule has 164 valence electrons. The summed E-state index contributed by atoms with van der Waals surface area (Å²) in [5.74, 6) is 0.133. The van der Waals surface area contributed by atoms with Crippen LogP contribution in [0.25, 0.3) is 0 Å². The highest BCUT2D eigenvalue weighted by atomic mass is 16.2. The Morgan fingerprint density at radius 1 is 1.19 bits per heavy atom. The van der Waals surface area contributed by atoms with Crippen LogP contribution in [0.3, 0.4) is 0 Å². The molecule has 3 atom stereocenters. The Morgan fingerprint density at radius 3 is 2.77 bits per heavy atom. The second-order valence-corrected chi connectivity index (χ2v) is 8.46. The Kier molecular flexibility index (Phi) is 6.94. The molecule has 7 heteroatoms. The van der Waals surface area contributed by atoms with Crippen molar-refractivity contribution in [1.29, 1.82) is 0 Å². The highest BCUT2D eigenvalue weighted by Gasteiger charge is 2.44. The SMILES string of the molecule is CN1[C@@H](CCC(=O)NCc2ccccc2)CNC(=O)[C@@H]2[C@H]1CCN2Cc1ccccn1. The maximum absolute atomic E-state index is 12.9. The van der Waals surface area contributed by atoms with Gasteiger partial charge in [0, 0.05) is 50.9 Å².